The molecule has 0 aliphatic rings. The van der Waals surface area contributed by atoms with Crippen molar-refractivity contribution in [3.63, 3.8) is 0 Å². The molecule has 0 spiro atoms. The highest BCUT2D eigenvalue weighted by Crippen LogP contribution is 2.17. The van der Waals surface area contributed by atoms with Crippen LogP contribution in [0.2, 0.25) is 0 Å². The Morgan fingerprint density at radius 2 is 2.00 bits per heavy atom. The second kappa shape index (κ2) is 6.83. The second-order valence-corrected chi connectivity index (χ2v) is 4.94. The summed E-state index contributed by atoms with van der Waals surface area (Å²) in [7, 11) is 0. The number of hydrogen-bond donors (Lipinski definition) is 1. The van der Waals surface area contributed by atoms with E-state index in [-0.39, 0.29) is 5.97 Å². The SMILES string of the molecule is CC(=O)OCCC(C)CCCC(C)(C)[18OH]. The zero-order chi connectivity index (χ0) is 11.9. The maximum Gasteiger partial charge on any atom is 0.302 e. The molecule has 0 amide bonds. The molecule has 0 rings (SSSR count). The largest absolute Gasteiger partial charge is 0.466 e. The van der Waals surface area contributed by atoms with E-state index in [1.807, 2.05) is 13.8 Å². The minimum atomic E-state index is -0.560. The Balaban J connectivity index is 3.41. The van der Waals surface area contributed by atoms with Crippen LogP contribution >= 0.6 is 0 Å². The van der Waals surface area contributed by atoms with Gasteiger partial charge < -0.3 is 9.84 Å². The topological polar surface area (TPSA) is 46.5 Å². The highest BCUT2D eigenvalue weighted by Gasteiger charge is 2.12. The first-order chi connectivity index (χ1) is 6.81. The molecule has 3 nitrogen and oxygen atoms in total. The van der Waals surface area contributed by atoms with Crippen molar-refractivity contribution >= 4 is 5.97 Å². The lowest BCUT2D eigenvalue weighted by molar-refractivity contribution is -0.141. The molecule has 0 aliphatic heterocycles. The number of ether oxygens (including phenoxy) is 1. The van der Waals surface area contributed by atoms with Gasteiger partial charge in [0.15, 0.2) is 0 Å². The molecule has 1 atom stereocenters. The first kappa shape index (κ1) is 14.4. The quantitative estimate of drug-likeness (QED) is 0.527. The van der Waals surface area contributed by atoms with Crippen LogP contribution in [0, 0.1) is 5.92 Å². The lowest BCUT2D eigenvalue weighted by Crippen LogP contribution is -2.18. The van der Waals surface area contributed by atoms with Crippen LogP contribution in [-0.4, -0.2) is 23.3 Å². The Morgan fingerprint density at radius 1 is 1.40 bits per heavy atom. The van der Waals surface area contributed by atoms with Gasteiger partial charge in [0.05, 0.1) is 12.2 Å². The summed E-state index contributed by atoms with van der Waals surface area (Å²) in [5, 5.41) is 9.51. The monoisotopic (exact) mass is 218 g/mol. The molecule has 0 aliphatic carbocycles. The Bertz CT molecular complexity index is 182. The number of hydrogen-bond acceptors (Lipinski definition) is 3. The van der Waals surface area contributed by atoms with E-state index < -0.39 is 5.60 Å². The van der Waals surface area contributed by atoms with Gasteiger partial charge in [-0.25, -0.2) is 0 Å². The predicted octanol–water partition coefficient (Wildman–Crippen LogP) is 2.52. The van der Waals surface area contributed by atoms with Crippen LogP contribution in [0.25, 0.3) is 0 Å². The summed E-state index contributed by atoms with van der Waals surface area (Å²) < 4.78 is 4.87. The van der Waals surface area contributed by atoms with Gasteiger partial charge in [-0.2, -0.15) is 0 Å². The van der Waals surface area contributed by atoms with Crippen molar-refractivity contribution in [3.05, 3.63) is 0 Å². The van der Waals surface area contributed by atoms with Crippen molar-refractivity contribution < 1.29 is 14.6 Å². The van der Waals surface area contributed by atoms with Crippen molar-refractivity contribution in [2.45, 2.75) is 59.0 Å². The summed E-state index contributed by atoms with van der Waals surface area (Å²) in [5.74, 6) is 0.338. The number of esters is 1. The van der Waals surface area contributed by atoms with Crippen molar-refractivity contribution in [1.82, 2.24) is 0 Å². The van der Waals surface area contributed by atoms with Crippen LogP contribution in [-0.2, 0) is 9.53 Å². The standard InChI is InChI=1S/C12H24O3/c1-10(7-9-15-11(2)13)6-5-8-12(3,4)14/h10,14H,5-9H2,1-4H3/i14+2. The molecule has 15 heavy (non-hydrogen) atoms. The third-order valence-electron chi connectivity index (χ3n) is 2.40. The Kier molecular flexibility index (Phi) is 6.57. The van der Waals surface area contributed by atoms with Gasteiger partial charge in [0.1, 0.15) is 0 Å². The summed E-state index contributed by atoms with van der Waals surface area (Å²) in [5.41, 5.74) is -0.560. The average Bonchev–Trinajstić information content (AvgIpc) is 2.00. The first-order valence-electron chi connectivity index (χ1n) is 5.67. The molecule has 0 aromatic rings. The van der Waals surface area contributed by atoms with E-state index in [2.05, 4.69) is 6.92 Å². The van der Waals surface area contributed by atoms with Gasteiger partial charge >= 0.3 is 5.97 Å². The van der Waals surface area contributed by atoms with Gasteiger partial charge in [0.2, 0.25) is 0 Å². The fraction of sp³-hybridized carbons (Fsp3) is 0.917. The van der Waals surface area contributed by atoms with E-state index in [1.54, 1.807) is 0 Å². The molecule has 0 fully saturated rings. The van der Waals surface area contributed by atoms with Crippen LogP contribution in [0.1, 0.15) is 53.4 Å². The summed E-state index contributed by atoms with van der Waals surface area (Å²) in [6, 6.07) is 0. The maximum atomic E-state index is 10.5. The first-order valence-corrected chi connectivity index (χ1v) is 5.67. The van der Waals surface area contributed by atoms with Crippen LogP contribution in [0.15, 0.2) is 0 Å². The van der Waals surface area contributed by atoms with Gasteiger partial charge in [0, 0.05) is 6.92 Å². The van der Waals surface area contributed by atoms with E-state index in [0.29, 0.717) is 12.5 Å². The molecule has 0 heterocycles. The molecular formula is C12H24O3. The van der Waals surface area contributed by atoms with E-state index in [9.17, 15) is 9.90 Å². The van der Waals surface area contributed by atoms with E-state index in [0.717, 1.165) is 25.7 Å². The molecule has 0 aromatic heterocycles. The van der Waals surface area contributed by atoms with Crippen LogP contribution in [0.4, 0.5) is 0 Å². The third kappa shape index (κ3) is 11.4. The summed E-state index contributed by atoms with van der Waals surface area (Å²) >= 11 is 0. The number of carbonyl (C=O) groups is 1. The third-order valence-corrected chi connectivity index (χ3v) is 2.40. The van der Waals surface area contributed by atoms with Crippen LogP contribution < -0.4 is 0 Å². The van der Waals surface area contributed by atoms with Gasteiger partial charge in [-0.15, -0.1) is 0 Å². The summed E-state index contributed by atoms with van der Waals surface area (Å²) in [4.78, 5) is 10.5. The van der Waals surface area contributed by atoms with Gasteiger partial charge in [-0.3, -0.25) is 4.79 Å². The summed E-state index contributed by atoms with van der Waals surface area (Å²) in [6.07, 6.45) is 3.83. The van der Waals surface area contributed by atoms with Crippen molar-refractivity contribution in [3.8, 4) is 0 Å². The van der Waals surface area contributed by atoms with Gasteiger partial charge in [-0.1, -0.05) is 19.8 Å². The zero-order valence-electron chi connectivity index (χ0n) is 10.4. The molecule has 0 radical (unpaired) electrons. The highest BCUT2D eigenvalue weighted by atomic mass is 18.2. The number of carbonyl (C=O) groups excluding carboxylic acids is 1. The van der Waals surface area contributed by atoms with Crippen LogP contribution in [0.5, 0.6) is 0 Å². The molecule has 0 bridgehead atoms. The van der Waals surface area contributed by atoms with Crippen LogP contribution in [0.3, 0.4) is 0 Å². The fourth-order valence-corrected chi connectivity index (χ4v) is 1.43. The van der Waals surface area contributed by atoms with Gasteiger partial charge in [0.25, 0.3) is 0 Å². The molecule has 3 heteroatoms. The number of rotatable bonds is 7. The fourth-order valence-electron chi connectivity index (χ4n) is 1.43. The number of aliphatic hydroxyl groups is 1. The molecule has 0 aromatic carbocycles. The van der Waals surface area contributed by atoms with E-state index in [1.165, 1.54) is 6.92 Å². The minimum absolute atomic E-state index is 0.210. The highest BCUT2D eigenvalue weighted by molar-refractivity contribution is 5.65. The predicted molar refractivity (Wildman–Crippen MR) is 60.6 cm³/mol. The molecule has 90 valence electrons. The minimum Gasteiger partial charge on any atom is -0.466 e. The molecule has 0 saturated carbocycles. The Morgan fingerprint density at radius 3 is 2.47 bits per heavy atom. The summed E-state index contributed by atoms with van der Waals surface area (Å²) in [6.45, 7) is 7.75. The average molecular weight is 218 g/mol. The molecule has 1 unspecified atom stereocenters. The lowest BCUT2D eigenvalue weighted by Gasteiger charge is -2.18. The lowest BCUT2D eigenvalue weighted by atomic mass is 9.96. The van der Waals surface area contributed by atoms with Gasteiger partial charge in [-0.05, 0) is 32.6 Å². The Hall–Kier alpha value is -0.570. The normalized spacial score (nSPS) is 13.7. The smallest absolute Gasteiger partial charge is 0.302 e. The van der Waals surface area contributed by atoms with E-state index in [4.69, 9.17) is 4.74 Å². The van der Waals surface area contributed by atoms with Crippen molar-refractivity contribution in [2.75, 3.05) is 6.61 Å². The van der Waals surface area contributed by atoms with Crippen molar-refractivity contribution in [1.29, 1.82) is 0 Å². The Labute approximate surface area is 92.8 Å². The molecular weight excluding hydrogens is 194 g/mol. The zero-order valence-corrected chi connectivity index (χ0v) is 10.4. The molecule has 0 saturated heterocycles. The second-order valence-electron chi connectivity index (χ2n) is 4.94. The molecule has 1 N–H and O–H groups in total. The maximum absolute atomic E-state index is 10.5. The van der Waals surface area contributed by atoms with E-state index >= 15 is 0 Å². The van der Waals surface area contributed by atoms with Crippen molar-refractivity contribution in [2.24, 2.45) is 5.92 Å².